The molecule has 0 bridgehead atoms. The Kier molecular flexibility index (Phi) is 12.8. The van der Waals surface area contributed by atoms with Gasteiger partial charge in [0.1, 0.15) is 5.75 Å². The van der Waals surface area contributed by atoms with Crippen LogP contribution in [0.5, 0.6) is 5.75 Å². The van der Waals surface area contributed by atoms with E-state index in [0.29, 0.717) is 13.1 Å². The fourth-order valence-electron chi connectivity index (χ4n) is 3.40. The SMILES string of the molecule is CCCCCCCCCCCCN(CCCc1ccc(O)cc1)C(=O)C(N)=O. The predicted molar refractivity (Wildman–Crippen MR) is 114 cm³/mol. The van der Waals surface area contributed by atoms with Crippen molar-refractivity contribution in [3.8, 4) is 5.75 Å². The van der Waals surface area contributed by atoms with Gasteiger partial charge in [-0.15, -0.1) is 0 Å². The first-order chi connectivity index (χ1) is 13.5. The maximum atomic E-state index is 12.0. The summed E-state index contributed by atoms with van der Waals surface area (Å²) in [6.45, 7) is 3.35. The topological polar surface area (TPSA) is 83.6 Å². The van der Waals surface area contributed by atoms with Crippen LogP contribution in [-0.4, -0.2) is 34.9 Å². The number of carbonyl (C=O) groups is 2. The molecule has 2 amide bonds. The minimum Gasteiger partial charge on any atom is -0.508 e. The van der Waals surface area contributed by atoms with Gasteiger partial charge in [0, 0.05) is 13.1 Å². The molecule has 28 heavy (non-hydrogen) atoms. The van der Waals surface area contributed by atoms with E-state index in [1.165, 1.54) is 51.4 Å². The van der Waals surface area contributed by atoms with Crippen LogP contribution in [-0.2, 0) is 16.0 Å². The Bertz CT molecular complexity index is 557. The molecule has 0 atom stereocenters. The summed E-state index contributed by atoms with van der Waals surface area (Å²) in [5.74, 6) is -1.21. The van der Waals surface area contributed by atoms with Gasteiger partial charge in [-0.3, -0.25) is 9.59 Å². The normalized spacial score (nSPS) is 10.8. The lowest BCUT2D eigenvalue weighted by atomic mass is 10.1. The molecule has 5 heteroatoms. The third kappa shape index (κ3) is 11.0. The number of hydrogen-bond acceptors (Lipinski definition) is 3. The fraction of sp³-hybridized carbons (Fsp3) is 0.652. The van der Waals surface area contributed by atoms with Crippen molar-refractivity contribution in [2.24, 2.45) is 5.73 Å². The summed E-state index contributed by atoms with van der Waals surface area (Å²) in [4.78, 5) is 24.9. The highest BCUT2D eigenvalue weighted by molar-refractivity contribution is 6.34. The summed E-state index contributed by atoms with van der Waals surface area (Å²) >= 11 is 0. The second kappa shape index (κ2) is 14.9. The molecule has 0 aliphatic heterocycles. The minimum absolute atomic E-state index is 0.246. The maximum absolute atomic E-state index is 12.0. The highest BCUT2D eigenvalue weighted by atomic mass is 16.3. The van der Waals surface area contributed by atoms with Crippen molar-refractivity contribution in [2.75, 3.05) is 13.1 Å². The molecule has 0 saturated carbocycles. The zero-order valence-electron chi connectivity index (χ0n) is 17.5. The summed E-state index contributed by atoms with van der Waals surface area (Å²) in [6.07, 6.45) is 13.9. The zero-order valence-corrected chi connectivity index (χ0v) is 17.5. The number of carbonyl (C=O) groups excluding carboxylic acids is 2. The monoisotopic (exact) mass is 390 g/mol. The van der Waals surface area contributed by atoms with Crippen molar-refractivity contribution in [1.29, 1.82) is 0 Å². The maximum Gasteiger partial charge on any atom is 0.311 e. The Morgan fingerprint density at radius 3 is 1.86 bits per heavy atom. The molecule has 0 heterocycles. The van der Waals surface area contributed by atoms with Crippen LogP contribution in [0, 0.1) is 0 Å². The van der Waals surface area contributed by atoms with Gasteiger partial charge >= 0.3 is 11.8 Å². The lowest BCUT2D eigenvalue weighted by Gasteiger charge is -2.21. The van der Waals surface area contributed by atoms with Crippen molar-refractivity contribution in [3.63, 3.8) is 0 Å². The van der Waals surface area contributed by atoms with E-state index in [9.17, 15) is 14.7 Å². The summed E-state index contributed by atoms with van der Waals surface area (Å²) in [7, 11) is 0. The predicted octanol–water partition coefficient (Wildman–Crippen LogP) is 4.56. The molecule has 1 aromatic rings. The Labute approximate surface area is 170 Å². The van der Waals surface area contributed by atoms with E-state index >= 15 is 0 Å². The fourth-order valence-corrected chi connectivity index (χ4v) is 3.40. The lowest BCUT2D eigenvalue weighted by Crippen LogP contribution is -2.41. The highest BCUT2D eigenvalue weighted by Gasteiger charge is 2.18. The second-order valence-electron chi connectivity index (χ2n) is 7.61. The molecule has 0 radical (unpaired) electrons. The van der Waals surface area contributed by atoms with E-state index in [4.69, 9.17) is 5.73 Å². The summed E-state index contributed by atoms with van der Waals surface area (Å²) in [6, 6.07) is 7.06. The van der Waals surface area contributed by atoms with E-state index in [1.54, 1.807) is 17.0 Å². The number of phenols is 1. The number of primary amides is 1. The quantitative estimate of drug-likeness (QED) is 0.340. The Morgan fingerprint density at radius 2 is 1.32 bits per heavy atom. The van der Waals surface area contributed by atoms with E-state index in [-0.39, 0.29) is 5.75 Å². The number of unbranched alkanes of at least 4 members (excludes halogenated alkanes) is 9. The van der Waals surface area contributed by atoms with E-state index < -0.39 is 11.8 Å². The molecule has 3 N–H and O–H groups in total. The van der Waals surface area contributed by atoms with Crippen molar-refractivity contribution >= 4 is 11.8 Å². The van der Waals surface area contributed by atoms with Gasteiger partial charge in [0.05, 0.1) is 0 Å². The number of benzene rings is 1. The van der Waals surface area contributed by atoms with Gasteiger partial charge in [-0.25, -0.2) is 0 Å². The summed E-state index contributed by atoms with van der Waals surface area (Å²) in [5, 5.41) is 9.32. The number of hydrogen-bond donors (Lipinski definition) is 2. The van der Waals surface area contributed by atoms with Crippen LogP contribution in [0.25, 0.3) is 0 Å². The molecular weight excluding hydrogens is 352 g/mol. The molecule has 0 aliphatic carbocycles. The van der Waals surface area contributed by atoms with Crippen LogP contribution in [0.2, 0.25) is 0 Å². The van der Waals surface area contributed by atoms with Crippen molar-refractivity contribution in [1.82, 2.24) is 4.90 Å². The van der Waals surface area contributed by atoms with Crippen molar-refractivity contribution in [3.05, 3.63) is 29.8 Å². The van der Waals surface area contributed by atoms with Crippen LogP contribution in [0.15, 0.2) is 24.3 Å². The molecule has 0 aliphatic rings. The number of nitrogens with two attached hydrogens (primary N) is 1. The molecule has 0 saturated heterocycles. The number of phenolic OH excluding ortho intramolecular Hbond substituents is 1. The largest absolute Gasteiger partial charge is 0.508 e. The molecule has 0 unspecified atom stereocenters. The van der Waals surface area contributed by atoms with Crippen LogP contribution >= 0.6 is 0 Å². The van der Waals surface area contributed by atoms with E-state index in [2.05, 4.69) is 6.92 Å². The molecule has 5 nitrogen and oxygen atoms in total. The molecule has 0 aromatic heterocycles. The van der Waals surface area contributed by atoms with E-state index in [0.717, 1.165) is 31.2 Å². The van der Waals surface area contributed by atoms with Gasteiger partial charge in [-0.05, 0) is 37.0 Å². The van der Waals surface area contributed by atoms with Crippen LogP contribution in [0.1, 0.15) is 83.1 Å². The second-order valence-corrected chi connectivity index (χ2v) is 7.61. The number of amides is 2. The van der Waals surface area contributed by atoms with Crippen LogP contribution in [0.3, 0.4) is 0 Å². The van der Waals surface area contributed by atoms with Crippen molar-refractivity contribution < 1.29 is 14.7 Å². The van der Waals surface area contributed by atoms with Gasteiger partial charge in [0.15, 0.2) is 0 Å². The average Bonchev–Trinajstić information content (AvgIpc) is 2.68. The molecule has 1 rings (SSSR count). The van der Waals surface area contributed by atoms with Crippen LogP contribution in [0.4, 0.5) is 0 Å². The minimum atomic E-state index is -0.878. The van der Waals surface area contributed by atoms with E-state index in [1.807, 2.05) is 12.1 Å². The van der Waals surface area contributed by atoms with Gasteiger partial charge in [0.2, 0.25) is 0 Å². The third-order valence-corrected chi connectivity index (χ3v) is 5.11. The standard InChI is InChI=1S/C23H38N2O3/c1-2-3-4-5-6-7-8-9-10-11-18-25(23(28)22(24)27)19-12-13-20-14-16-21(26)17-15-20/h14-17,26H,2-13,18-19H2,1H3,(H2,24,27). The summed E-state index contributed by atoms with van der Waals surface area (Å²) < 4.78 is 0. The third-order valence-electron chi connectivity index (χ3n) is 5.11. The number of aromatic hydroxyl groups is 1. The summed E-state index contributed by atoms with van der Waals surface area (Å²) in [5.41, 5.74) is 6.30. The smallest absolute Gasteiger partial charge is 0.311 e. The van der Waals surface area contributed by atoms with Gasteiger partial charge in [-0.2, -0.15) is 0 Å². The molecule has 0 fully saturated rings. The van der Waals surface area contributed by atoms with Gasteiger partial charge < -0.3 is 15.7 Å². The average molecular weight is 391 g/mol. The first-order valence-corrected chi connectivity index (χ1v) is 10.9. The van der Waals surface area contributed by atoms with Gasteiger partial charge in [-0.1, -0.05) is 76.8 Å². The Hall–Kier alpha value is -2.04. The lowest BCUT2D eigenvalue weighted by molar-refractivity contribution is -0.144. The molecular formula is C23H38N2O3. The Morgan fingerprint density at radius 1 is 0.821 bits per heavy atom. The Balaban J connectivity index is 2.21. The first kappa shape index (κ1) is 24.0. The first-order valence-electron chi connectivity index (χ1n) is 10.9. The van der Waals surface area contributed by atoms with Crippen molar-refractivity contribution in [2.45, 2.75) is 84.0 Å². The van der Waals surface area contributed by atoms with Gasteiger partial charge in [0.25, 0.3) is 0 Å². The number of aryl methyl sites for hydroxylation is 1. The van der Waals surface area contributed by atoms with Crippen LogP contribution < -0.4 is 5.73 Å². The highest BCUT2D eigenvalue weighted by Crippen LogP contribution is 2.13. The number of rotatable bonds is 15. The number of nitrogens with zero attached hydrogens (tertiary/aromatic N) is 1. The molecule has 158 valence electrons. The zero-order chi connectivity index (χ0) is 20.6. The molecule has 0 spiro atoms. The molecule has 1 aromatic carbocycles.